The predicted octanol–water partition coefficient (Wildman–Crippen LogP) is 14.8. The average molecular weight is 778 g/mol. The summed E-state index contributed by atoms with van der Waals surface area (Å²) in [5.74, 6) is -0.284. The standard InChI is InChI=1S/C50H99NO4/c1-3-5-7-9-11-13-15-17-19-20-21-22-23-24-25-26-27-28-30-32-34-36-38-40-42-44-49(54)48(46-52)51-50(55)45-47(53)43-41-39-37-35-33-31-29-18-16-14-12-10-8-6-4-2/h18,29,47-49,52-54H,3-17,19-28,30-46H2,1-2H3,(H,51,55)/b29-18-. The van der Waals surface area contributed by atoms with Crippen molar-refractivity contribution in [3.63, 3.8) is 0 Å². The summed E-state index contributed by atoms with van der Waals surface area (Å²) in [5, 5.41) is 33.5. The topological polar surface area (TPSA) is 89.8 Å². The monoisotopic (exact) mass is 778 g/mol. The van der Waals surface area contributed by atoms with Gasteiger partial charge < -0.3 is 20.6 Å². The quantitative estimate of drug-likeness (QED) is 0.0366. The molecule has 0 fully saturated rings. The molecule has 3 atom stereocenters. The molecule has 0 aromatic rings. The first-order chi connectivity index (χ1) is 27.0. The number of carbonyl (C=O) groups is 1. The van der Waals surface area contributed by atoms with Crippen LogP contribution in [0.2, 0.25) is 0 Å². The first-order valence-corrected chi connectivity index (χ1v) is 25.0. The van der Waals surface area contributed by atoms with E-state index in [2.05, 4.69) is 31.3 Å². The van der Waals surface area contributed by atoms with E-state index in [9.17, 15) is 20.1 Å². The molecule has 1 amide bonds. The van der Waals surface area contributed by atoms with E-state index in [-0.39, 0.29) is 18.9 Å². The van der Waals surface area contributed by atoms with Crippen molar-refractivity contribution in [2.45, 2.75) is 295 Å². The van der Waals surface area contributed by atoms with Gasteiger partial charge in [0.2, 0.25) is 5.91 Å². The number of aliphatic hydroxyl groups is 3. The molecule has 3 unspecified atom stereocenters. The molecular weight excluding hydrogens is 679 g/mol. The van der Waals surface area contributed by atoms with E-state index in [1.807, 2.05) is 0 Å². The van der Waals surface area contributed by atoms with E-state index in [1.165, 1.54) is 212 Å². The molecule has 0 spiro atoms. The van der Waals surface area contributed by atoms with Gasteiger partial charge in [0, 0.05) is 0 Å². The summed E-state index contributed by atoms with van der Waals surface area (Å²) in [5.41, 5.74) is 0. The fourth-order valence-electron chi connectivity index (χ4n) is 7.99. The van der Waals surface area contributed by atoms with Crippen molar-refractivity contribution in [3.05, 3.63) is 12.2 Å². The number of rotatable bonds is 46. The number of allylic oxidation sites excluding steroid dienone is 2. The maximum atomic E-state index is 12.5. The molecule has 0 radical (unpaired) electrons. The van der Waals surface area contributed by atoms with Crippen LogP contribution in [-0.2, 0) is 4.79 Å². The fourth-order valence-corrected chi connectivity index (χ4v) is 7.99. The molecular formula is C50H99NO4. The largest absolute Gasteiger partial charge is 0.394 e. The number of hydrogen-bond acceptors (Lipinski definition) is 4. The molecule has 0 aromatic heterocycles. The van der Waals surface area contributed by atoms with Crippen LogP contribution in [0.15, 0.2) is 12.2 Å². The van der Waals surface area contributed by atoms with E-state index >= 15 is 0 Å². The molecule has 328 valence electrons. The maximum absolute atomic E-state index is 12.5. The average Bonchev–Trinajstić information content (AvgIpc) is 3.18. The van der Waals surface area contributed by atoms with Crippen molar-refractivity contribution < 1.29 is 20.1 Å². The zero-order valence-corrected chi connectivity index (χ0v) is 37.3. The van der Waals surface area contributed by atoms with Crippen molar-refractivity contribution in [1.29, 1.82) is 0 Å². The first-order valence-electron chi connectivity index (χ1n) is 25.0. The number of aliphatic hydroxyl groups excluding tert-OH is 3. The van der Waals surface area contributed by atoms with Crippen LogP contribution in [0, 0.1) is 0 Å². The Hall–Kier alpha value is -0.910. The summed E-state index contributed by atoms with van der Waals surface area (Å²) in [7, 11) is 0. The van der Waals surface area contributed by atoms with Gasteiger partial charge in [-0.3, -0.25) is 4.79 Å². The van der Waals surface area contributed by atoms with Crippen LogP contribution >= 0.6 is 0 Å². The first kappa shape index (κ1) is 54.1. The molecule has 0 aliphatic rings. The Morgan fingerprint density at radius 2 is 0.727 bits per heavy atom. The van der Waals surface area contributed by atoms with Crippen LogP contribution in [0.1, 0.15) is 277 Å². The van der Waals surface area contributed by atoms with Crippen LogP contribution in [-0.4, -0.2) is 46.1 Å². The highest BCUT2D eigenvalue weighted by Gasteiger charge is 2.21. The van der Waals surface area contributed by atoms with Gasteiger partial charge in [-0.05, 0) is 38.5 Å². The molecule has 55 heavy (non-hydrogen) atoms. The zero-order chi connectivity index (χ0) is 40.1. The Morgan fingerprint density at radius 1 is 0.436 bits per heavy atom. The summed E-state index contributed by atoms with van der Waals surface area (Å²) < 4.78 is 0. The summed E-state index contributed by atoms with van der Waals surface area (Å²) in [6.45, 7) is 4.28. The lowest BCUT2D eigenvalue weighted by molar-refractivity contribution is -0.125. The highest BCUT2D eigenvalue weighted by molar-refractivity contribution is 5.76. The molecule has 5 nitrogen and oxygen atoms in total. The van der Waals surface area contributed by atoms with Gasteiger partial charge in [0.25, 0.3) is 0 Å². The lowest BCUT2D eigenvalue weighted by atomic mass is 10.0. The van der Waals surface area contributed by atoms with Gasteiger partial charge in [-0.2, -0.15) is 0 Å². The second-order valence-electron chi connectivity index (χ2n) is 17.4. The zero-order valence-electron chi connectivity index (χ0n) is 37.3. The smallest absolute Gasteiger partial charge is 0.222 e. The SMILES string of the molecule is CCCCCCCC/C=C\CCCCCCCC(O)CC(=O)NC(CO)C(O)CCCCCCCCCCCCCCCCCCCCCCCCCCC. The molecule has 0 saturated carbocycles. The summed E-state index contributed by atoms with van der Waals surface area (Å²) in [4.78, 5) is 12.5. The van der Waals surface area contributed by atoms with E-state index in [4.69, 9.17) is 0 Å². The highest BCUT2D eigenvalue weighted by atomic mass is 16.3. The van der Waals surface area contributed by atoms with Gasteiger partial charge in [0.15, 0.2) is 0 Å². The number of unbranched alkanes of at least 4 members (excludes halogenated alkanes) is 35. The van der Waals surface area contributed by atoms with Gasteiger partial charge in [-0.25, -0.2) is 0 Å². The predicted molar refractivity (Wildman–Crippen MR) is 241 cm³/mol. The normalized spacial score (nSPS) is 13.5. The molecule has 0 aromatic carbocycles. The molecule has 0 rings (SSSR count). The molecule has 0 heterocycles. The van der Waals surface area contributed by atoms with Crippen molar-refractivity contribution in [2.75, 3.05) is 6.61 Å². The van der Waals surface area contributed by atoms with E-state index in [0.717, 1.165) is 32.1 Å². The van der Waals surface area contributed by atoms with Crippen molar-refractivity contribution >= 4 is 5.91 Å². The Balaban J connectivity index is 3.53. The highest BCUT2D eigenvalue weighted by Crippen LogP contribution is 2.17. The van der Waals surface area contributed by atoms with Crippen LogP contribution in [0.4, 0.5) is 0 Å². The number of carbonyl (C=O) groups excluding carboxylic acids is 1. The molecule has 5 heteroatoms. The Labute approximate surface area is 344 Å². The molecule has 0 aliphatic carbocycles. The Bertz CT molecular complexity index is 773. The third-order valence-corrected chi connectivity index (χ3v) is 11.8. The number of nitrogens with one attached hydrogen (secondary N) is 1. The van der Waals surface area contributed by atoms with E-state index in [1.54, 1.807) is 0 Å². The number of hydrogen-bond donors (Lipinski definition) is 4. The summed E-state index contributed by atoms with van der Waals surface area (Å²) in [6.07, 6.45) is 54.9. The molecule has 0 aliphatic heterocycles. The van der Waals surface area contributed by atoms with E-state index in [0.29, 0.717) is 12.8 Å². The van der Waals surface area contributed by atoms with Gasteiger partial charge in [0.1, 0.15) is 0 Å². The fraction of sp³-hybridized carbons (Fsp3) is 0.940. The number of amides is 1. The van der Waals surface area contributed by atoms with Crippen LogP contribution in [0.5, 0.6) is 0 Å². The second-order valence-corrected chi connectivity index (χ2v) is 17.4. The van der Waals surface area contributed by atoms with E-state index < -0.39 is 18.2 Å². The lowest BCUT2D eigenvalue weighted by Crippen LogP contribution is -2.46. The third-order valence-electron chi connectivity index (χ3n) is 11.8. The Morgan fingerprint density at radius 3 is 1.05 bits per heavy atom. The van der Waals surface area contributed by atoms with Gasteiger partial charge in [0.05, 0.1) is 31.3 Å². The second kappa shape index (κ2) is 45.8. The summed E-state index contributed by atoms with van der Waals surface area (Å²) in [6, 6.07) is -0.658. The minimum absolute atomic E-state index is 0.0339. The lowest BCUT2D eigenvalue weighted by Gasteiger charge is -2.23. The van der Waals surface area contributed by atoms with Crippen LogP contribution in [0.25, 0.3) is 0 Å². The van der Waals surface area contributed by atoms with Crippen LogP contribution in [0.3, 0.4) is 0 Å². The Kier molecular flexibility index (Phi) is 45.0. The van der Waals surface area contributed by atoms with Crippen molar-refractivity contribution in [1.82, 2.24) is 5.32 Å². The van der Waals surface area contributed by atoms with Crippen molar-refractivity contribution in [3.8, 4) is 0 Å². The van der Waals surface area contributed by atoms with Crippen molar-refractivity contribution in [2.24, 2.45) is 0 Å². The summed E-state index contributed by atoms with van der Waals surface area (Å²) >= 11 is 0. The van der Waals surface area contributed by atoms with Gasteiger partial charge in [-0.1, -0.05) is 244 Å². The third kappa shape index (κ3) is 42.5. The van der Waals surface area contributed by atoms with Crippen LogP contribution < -0.4 is 5.32 Å². The molecule has 4 N–H and O–H groups in total. The maximum Gasteiger partial charge on any atom is 0.222 e. The molecule has 0 saturated heterocycles. The minimum atomic E-state index is -0.749. The van der Waals surface area contributed by atoms with Gasteiger partial charge >= 0.3 is 0 Å². The van der Waals surface area contributed by atoms with Gasteiger partial charge in [-0.15, -0.1) is 0 Å². The minimum Gasteiger partial charge on any atom is -0.394 e. The molecule has 0 bridgehead atoms.